The molecule has 0 heterocycles. The Hall–Kier alpha value is -2.09. The molecule has 0 aromatic heterocycles. The summed E-state index contributed by atoms with van der Waals surface area (Å²) in [5, 5.41) is 19.5. The normalized spacial score (nSPS) is 10.6. The van der Waals surface area contributed by atoms with Crippen molar-refractivity contribution in [2.24, 2.45) is 5.41 Å². The third-order valence-corrected chi connectivity index (χ3v) is 2.35. The minimum atomic E-state index is -0.483. The fraction of sp³-hybridized carbons (Fsp3) is 0.417. The number of nitro groups is 1. The SMILES string of the molecule is CC(C)(C#N)CCOc1ccccc1[N+](=O)[O-]. The van der Waals surface area contributed by atoms with Gasteiger partial charge in [-0.2, -0.15) is 5.26 Å². The van der Waals surface area contributed by atoms with Gasteiger partial charge in [-0.25, -0.2) is 0 Å². The van der Waals surface area contributed by atoms with Gasteiger partial charge in [-0.1, -0.05) is 12.1 Å². The van der Waals surface area contributed by atoms with E-state index in [2.05, 4.69) is 6.07 Å². The molecule has 0 atom stereocenters. The first-order valence-corrected chi connectivity index (χ1v) is 5.24. The Labute approximate surface area is 99.8 Å². The molecule has 5 nitrogen and oxygen atoms in total. The first-order valence-electron chi connectivity index (χ1n) is 5.24. The van der Waals surface area contributed by atoms with Crippen molar-refractivity contribution in [2.75, 3.05) is 6.61 Å². The summed E-state index contributed by atoms with van der Waals surface area (Å²) in [5.74, 6) is 0.242. The van der Waals surface area contributed by atoms with Gasteiger partial charge < -0.3 is 4.74 Å². The van der Waals surface area contributed by atoms with Crippen LogP contribution >= 0.6 is 0 Å². The van der Waals surface area contributed by atoms with Gasteiger partial charge in [0.2, 0.25) is 0 Å². The molecule has 5 heteroatoms. The van der Waals surface area contributed by atoms with Gasteiger partial charge in [-0.15, -0.1) is 0 Å². The van der Waals surface area contributed by atoms with Gasteiger partial charge in [0.1, 0.15) is 0 Å². The number of nitriles is 1. The van der Waals surface area contributed by atoms with E-state index in [4.69, 9.17) is 10.00 Å². The van der Waals surface area contributed by atoms with E-state index < -0.39 is 10.3 Å². The summed E-state index contributed by atoms with van der Waals surface area (Å²) in [6, 6.07) is 8.36. The number of benzene rings is 1. The quantitative estimate of drug-likeness (QED) is 0.579. The Morgan fingerprint density at radius 2 is 2.12 bits per heavy atom. The molecule has 0 fully saturated rings. The van der Waals surface area contributed by atoms with E-state index in [0.717, 1.165) is 0 Å². The second kappa shape index (κ2) is 5.30. The Morgan fingerprint density at radius 1 is 1.47 bits per heavy atom. The van der Waals surface area contributed by atoms with Crippen molar-refractivity contribution in [1.29, 1.82) is 5.26 Å². The van der Waals surface area contributed by atoms with Crippen LogP contribution in [0.15, 0.2) is 24.3 Å². The highest BCUT2D eigenvalue weighted by Gasteiger charge is 2.18. The zero-order chi connectivity index (χ0) is 12.9. The van der Waals surface area contributed by atoms with Crippen molar-refractivity contribution >= 4 is 5.69 Å². The number of ether oxygens (including phenoxy) is 1. The van der Waals surface area contributed by atoms with E-state index in [1.54, 1.807) is 32.0 Å². The summed E-state index contributed by atoms with van der Waals surface area (Å²) in [7, 11) is 0. The van der Waals surface area contributed by atoms with Crippen molar-refractivity contribution in [1.82, 2.24) is 0 Å². The van der Waals surface area contributed by atoms with Crippen LogP contribution in [0.3, 0.4) is 0 Å². The summed E-state index contributed by atoms with van der Waals surface area (Å²) >= 11 is 0. The summed E-state index contributed by atoms with van der Waals surface area (Å²) in [4.78, 5) is 10.2. The van der Waals surface area contributed by atoms with Crippen molar-refractivity contribution in [3.05, 3.63) is 34.4 Å². The molecule has 0 aliphatic carbocycles. The van der Waals surface area contributed by atoms with Crippen LogP contribution in [0.25, 0.3) is 0 Å². The molecule has 0 saturated heterocycles. The van der Waals surface area contributed by atoms with Gasteiger partial charge in [-0.3, -0.25) is 10.1 Å². The zero-order valence-corrected chi connectivity index (χ0v) is 9.84. The van der Waals surface area contributed by atoms with E-state index in [9.17, 15) is 10.1 Å². The van der Waals surface area contributed by atoms with Crippen molar-refractivity contribution in [3.63, 3.8) is 0 Å². The van der Waals surface area contributed by atoms with Gasteiger partial charge in [0, 0.05) is 6.07 Å². The fourth-order valence-electron chi connectivity index (χ4n) is 1.20. The maximum Gasteiger partial charge on any atom is 0.310 e. The van der Waals surface area contributed by atoms with Crippen LogP contribution in [-0.2, 0) is 0 Å². The number of hydrogen-bond donors (Lipinski definition) is 0. The van der Waals surface area contributed by atoms with E-state index in [0.29, 0.717) is 6.42 Å². The van der Waals surface area contributed by atoms with Gasteiger partial charge in [-0.05, 0) is 26.3 Å². The molecule has 0 saturated carbocycles. The highest BCUT2D eigenvalue weighted by molar-refractivity contribution is 5.45. The summed E-state index contributed by atoms with van der Waals surface area (Å²) in [5.41, 5.74) is -0.536. The van der Waals surface area contributed by atoms with Crippen LogP contribution in [0, 0.1) is 26.9 Å². The molecule has 0 radical (unpaired) electrons. The molecule has 0 aliphatic heterocycles. The topological polar surface area (TPSA) is 76.2 Å². The van der Waals surface area contributed by atoms with E-state index in [1.807, 2.05) is 0 Å². The Balaban J connectivity index is 2.65. The number of nitrogens with zero attached hydrogens (tertiary/aromatic N) is 2. The molecule has 17 heavy (non-hydrogen) atoms. The van der Waals surface area contributed by atoms with Gasteiger partial charge in [0.25, 0.3) is 0 Å². The van der Waals surface area contributed by atoms with Crippen LogP contribution < -0.4 is 4.74 Å². The zero-order valence-electron chi connectivity index (χ0n) is 9.84. The lowest BCUT2D eigenvalue weighted by molar-refractivity contribution is -0.385. The fourth-order valence-corrected chi connectivity index (χ4v) is 1.20. The maximum absolute atomic E-state index is 10.7. The highest BCUT2D eigenvalue weighted by atomic mass is 16.6. The molecule has 1 aromatic rings. The average molecular weight is 234 g/mol. The van der Waals surface area contributed by atoms with Crippen LogP contribution in [-0.4, -0.2) is 11.5 Å². The van der Waals surface area contributed by atoms with Crippen molar-refractivity contribution < 1.29 is 9.66 Å². The van der Waals surface area contributed by atoms with Gasteiger partial charge in [0.05, 0.1) is 23.0 Å². The molecular weight excluding hydrogens is 220 g/mol. The number of rotatable bonds is 5. The minimum absolute atomic E-state index is 0.0535. The molecule has 90 valence electrons. The van der Waals surface area contributed by atoms with Crippen LogP contribution in [0.1, 0.15) is 20.3 Å². The maximum atomic E-state index is 10.7. The first kappa shape index (κ1) is 13.0. The number of hydrogen-bond acceptors (Lipinski definition) is 4. The molecule has 0 unspecified atom stereocenters. The lowest BCUT2D eigenvalue weighted by Gasteiger charge is -2.15. The van der Waals surface area contributed by atoms with Crippen LogP contribution in [0.2, 0.25) is 0 Å². The van der Waals surface area contributed by atoms with Crippen LogP contribution in [0.5, 0.6) is 5.75 Å². The van der Waals surface area contributed by atoms with E-state index in [-0.39, 0.29) is 18.0 Å². The van der Waals surface area contributed by atoms with E-state index >= 15 is 0 Å². The monoisotopic (exact) mass is 234 g/mol. The van der Waals surface area contributed by atoms with Crippen molar-refractivity contribution in [3.8, 4) is 11.8 Å². The summed E-state index contributed by atoms with van der Waals surface area (Å²) in [6.07, 6.45) is 0.523. The largest absolute Gasteiger partial charge is 0.487 e. The molecular formula is C12H14N2O3. The van der Waals surface area contributed by atoms with Crippen LogP contribution in [0.4, 0.5) is 5.69 Å². The number of nitro benzene ring substituents is 1. The number of para-hydroxylation sites is 2. The lowest BCUT2D eigenvalue weighted by atomic mass is 9.92. The lowest BCUT2D eigenvalue weighted by Crippen LogP contribution is -2.13. The predicted octanol–water partition coefficient (Wildman–Crippen LogP) is 2.91. The average Bonchev–Trinajstić information content (AvgIpc) is 2.29. The Morgan fingerprint density at radius 3 is 2.71 bits per heavy atom. The van der Waals surface area contributed by atoms with Gasteiger partial charge in [0.15, 0.2) is 5.75 Å². The summed E-state index contributed by atoms with van der Waals surface area (Å²) in [6.45, 7) is 3.89. The highest BCUT2D eigenvalue weighted by Crippen LogP contribution is 2.27. The molecule has 0 aliphatic rings. The third-order valence-electron chi connectivity index (χ3n) is 2.35. The standard InChI is InChI=1S/C12H14N2O3/c1-12(2,9-13)7-8-17-11-6-4-3-5-10(11)14(15)16/h3-6H,7-8H2,1-2H3. The Bertz CT molecular complexity index is 449. The first-order chi connectivity index (χ1) is 7.96. The molecule has 1 aromatic carbocycles. The molecule has 0 amide bonds. The Kier molecular flexibility index (Phi) is 4.05. The third kappa shape index (κ3) is 3.76. The second-order valence-corrected chi connectivity index (χ2v) is 4.32. The minimum Gasteiger partial charge on any atom is -0.487 e. The smallest absolute Gasteiger partial charge is 0.310 e. The molecule has 0 N–H and O–H groups in total. The molecule has 0 spiro atoms. The predicted molar refractivity (Wildman–Crippen MR) is 62.6 cm³/mol. The van der Waals surface area contributed by atoms with Crippen molar-refractivity contribution in [2.45, 2.75) is 20.3 Å². The molecule has 1 rings (SSSR count). The second-order valence-electron chi connectivity index (χ2n) is 4.32. The molecule has 0 bridgehead atoms. The van der Waals surface area contributed by atoms with E-state index in [1.165, 1.54) is 6.07 Å². The summed E-state index contributed by atoms with van der Waals surface area (Å²) < 4.78 is 5.34. The van der Waals surface area contributed by atoms with Gasteiger partial charge >= 0.3 is 5.69 Å².